The Labute approximate surface area is 67.2 Å². The molecule has 0 aliphatic heterocycles. The van der Waals surface area contributed by atoms with Gasteiger partial charge >= 0.3 is 0 Å². The maximum Gasteiger partial charge on any atom is 0.195 e. The number of hydrogen-bond acceptors (Lipinski definition) is 2. The topological polar surface area (TPSA) is 30.2 Å². The molecule has 0 saturated heterocycles. The van der Waals surface area contributed by atoms with E-state index in [1.807, 2.05) is 20.8 Å². The Balaban J connectivity index is 0.000000461. The molecule has 2 heteroatoms. The third-order valence-corrected chi connectivity index (χ3v) is 1.18. The Bertz CT molecular complexity index is 223. The average Bonchev–Trinajstić information content (AvgIpc) is 2.39. The summed E-state index contributed by atoms with van der Waals surface area (Å²) >= 11 is 0. The molecule has 1 heterocycles. The molecule has 0 N–H and O–H groups in total. The van der Waals surface area contributed by atoms with Gasteiger partial charge in [-0.25, -0.2) is 0 Å². The first-order valence-corrected chi connectivity index (χ1v) is 3.77. The van der Waals surface area contributed by atoms with Crippen LogP contribution in [0.1, 0.15) is 36.9 Å². The molecule has 0 aliphatic carbocycles. The van der Waals surface area contributed by atoms with E-state index in [0.717, 1.165) is 5.56 Å². The van der Waals surface area contributed by atoms with E-state index in [-0.39, 0.29) is 5.78 Å². The van der Waals surface area contributed by atoms with Gasteiger partial charge in [-0.3, -0.25) is 4.79 Å². The highest BCUT2D eigenvalue weighted by Crippen LogP contribution is 2.08. The molecule has 2 nitrogen and oxygen atoms in total. The SMILES string of the molecule is CC.CC(=O)c1occc1C. The number of carbonyl (C=O) groups is 1. The van der Waals surface area contributed by atoms with Crippen LogP contribution in [0.25, 0.3) is 0 Å². The van der Waals surface area contributed by atoms with Crippen LogP contribution in [0.15, 0.2) is 16.7 Å². The van der Waals surface area contributed by atoms with Crippen LogP contribution in [-0.4, -0.2) is 5.78 Å². The van der Waals surface area contributed by atoms with Gasteiger partial charge in [-0.15, -0.1) is 0 Å². The standard InChI is InChI=1S/C7H8O2.C2H6/c1-5-3-4-9-7(5)6(2)8;1-2/h3-4H,1-2H3;1-2H3. The number of Topliss-reactive ketones (excluding diaryl/α,β-unsaturated/α-hetero) is 1. The summed E-state index contributed by atoms with van der Waals surface area (Å²) in [5, 5.41) is 0. The Morgan fingerprint density at radius 1 is 1.45 bits per heavy atom. The highest BCUT2D eigenvalue weighted by Gasteiger charge is 2.04. The number of furan rings is 1. The van der Waals surface area contributed by atoms with Crippen molar-refractivity contribution in [1.29, 1.82) is 0 Å². The Kier molecular flexibility index (Phi) is 4.27. The van der Waals surface area contributed by atoms with Gasteiger partial charge in [0.05, 0.1) is 6.26 Å². The van der Waals surface area contributed by atoms with E-state index in [9.17, 15) is 4.79 Å². The maximum atomic E-state index is 10.6. The van der Waals surface area contributed by atoms with Crippen LogP contribution in [0.5, 0.6) is 0 Å². The molecule has 1 rings (SSSR count). The monoisotopic (exact) mass is 154 g/mol. The lowest BCUT2D eigenvalue weighted by atomic mass is 10.2. The Hall–Kier alpha value is -1.05. The quantitative estimate of drug-likeness (QED) is 0.582. The molecule has 0 spiro atoms. The van der Waals surface area contributed by atoms with Crippen molar-refractivity contribution < 1.29 is 9.21 Å². The van der Waals surface area contributed by atoms with Crippen LogP contribution in [0.4, 0.5) is 0 Å². The predicted molar refractivity (Wildman–Crippen MR) is 44.8 cm³/mol. The summed E-state index contributed by atoms with van der Waals surface area (Å²) < 4.78 is 4.88. The molecule has 0 amide bonds. The minimum atomic E-state index is -0.0162. The molecule has 0 radical (unpaired) electrons. The first-order valence-electron chi connectivity index (χ1n) is 3.77. The molecule has 0 fully saturated rings. The smallest absolute Gasteiger partial charge is 0.195 e. The largest absolute Gasteiger partial charge is 0.461 e. The fourth-order valence-corrected chi connectivity index (χ4v) is 0.733. The van der Waals surface area contributed by atoms with Crippen molar-refractivity contribution in [3.05, 3.63) is 23.7 Å². The fourth-order valence-electron chi connectivity index (χ4n) is 0.733. The first kappa shape index (κ1) is 9.95. The normalized spacial score (nSPS) is 8.36. The van der Waals surface area contributed by atoms with E-state index in [0.29, 0.717) is 5.76 Å². The lowest BCUT2D eigenvalue weighted by Crippen LogP contribution is -1.89. The summed E-state index contributed by atoms with van der Waals surface area (Å²) in [6, 6.07) is 1.77. The van der Waals surface area contributed by atoms with Crippen molar-refractivity contribution in [3.8, 4) is 0 Å². The molecule has 0 atom stereocenters. The highest BCUT2D eigenvalue weighted by atomic mass is 16.3. The van der Waals surface area contributed by atoms with E-state index in [4.69, 9.17) is 4.42 Å². The zero-order valence-electron chi connectivity index (χ0n) is 7.47. The number of ketones is 1. The second kappa shape index (κ2) is 4.72. The Morgan fingerprint density at radius 3 is 2.18 bits per heavy atom. The third kappa shape index (κ3) is 2.58. The number of carbonyl (C=O) groups excluding carboxylic acids is 1. The van der Waals surface area contributed by atoms with E-state index in [2.05, 4.69) is 0 Å². The lowest BCUT2D eigenvalue weighted by molar-refractivity contribution is 0.0986. The van der Waals surface area contributed by atoms with Crippen LogP contribution in [-0.2, 0) is 0 Å². The number of hydrogen-bond donors (Lipinski definition) is 0. The van der Waals surface area contributed by atoms with Crippen molar-refractivity contribution in [2.75, 3.05) is 0 Å². The zero-order chi connectivity index (χ0) is 8.85. The second-order valence-corrected chi connectivity index (χ2v) is 1.99. The van der Waals surface area contributed by atoms with Crippen LogP contribution < -0.4 is 0 Å². The van der Waals surface area contributed by atoms with E-state index in [1.165, 1.54) is 13.2 Å². The second-order valence-electron chi connectivity index (χ2n) is 1.99. The number of aryl methyl sites for hydroxylation is 1. The molecule has 11 heavy (non-hydrogen) atoms. The van der Waals surface area contributed by atoms with Gasteiger partial charge in [-0.1, -0.05) is 13.8 Å². The van der Waals surface area contributed by atoms with Gasteiger partial charge in [0, 0.05) is 6.92 Å². The van der Waals surface area contributed by atoms with Gasteiger partial charge in [-0.2, -0.15) is 0 Å². The molecular formula is C9H14O2. The lowest BCUT2D eigenvalue weighted by Gasteiger charge is -1.86. The van der Waals surface area contributed by atoms with Crippen molar-refractivity contribution in [2.24, 2.45) is 0 Å². The minimum Gasteiger partial charge on any atom is -0.461 e. The molecule has 1 aromatic heterocycles. The fraction of sp³-hybridized carbons (Fsp3) is 0.444. The van der Waals surface area contributed by atoms with Crippen LogP contribution >= 0.6 is 0 Å². The van der Waals surface area contributed by atoms with Gasteiger partial charge in [0.2, 0.25) is 0 Å². The van der Waals surface area contributed by atoms with Gasteiger partial charge in [-0.05, 0) is 18.6 Å². The van der Waals surface area contributed by atoms with E-state index < -0.39 is 0 Å². The maximum absolute atomic E-state index is 10.6. The van der Waals surface area contributed by atoms with Crippen LogP contribution in [0.3, 0.4) is 0 Å². The molecule has 0 bridgehead atoms. The van der Waals surface area contributed by atoms with Crippen molar-refractivity contribution in [3.63, 3.8) is 0 Å². The molecule has 0 aliphatic rings. The molecule has 0 aromatic carbocycles. The zero-order valence-corrected chi connectivity index (χ0v) is 7.47. The van der Waals surface area contributed by atoms with Crippen LogP contribution in [0.2, 0.25) is 0 Å². The predicted octanol–water partition coefficient (Wildman–Crippen LogP) is 2.82. The summed E-state index contributed by atoms with van der Waals surface area (Å²) in [6.45, 7) is 7.34. The summed E-state index contributed by atoms with van der Waals surface area (Å²) in [4.78, 5) is 10.6. The van der Waals surface area contributed by atoms with Gasteiger partial charge in [0.15, 0.2) is 11.5 Å². The molecular weight excluding hydrogens is 140 g/mol. The molecule has 1 aromatic rings. The molecule has 0 saturated carbocycles. The van der Waals surface area contributed by atoms with Crippen molar-refractivity contribution in [2.45, 2.75) is 27.7 Å². The van der Waals surface area contributed by atoms with E-state index >= 15 is 0 Å². The average molecular weight is 154 g/mol. The summed E-state index contributed by atoms with van der Waals surface area (Å²) in [5.41, 5.74) is 0.905. The van der Waals surface area contributed by atoms with Gasteiger partial charge in [0.25, 0.3) is 0 Å². The van der Waals surface area contributed by atoms with Gasteiger partial charge < -0.3 is 4.42 Å². The van der Waals surface area contributed by atoms with Crippen molar-refractivity contribution in [1.82, 2.24) is 0 Å². The molecule has 0 unspecified atom stereocenters. The summed E-state index contributed by atoms with van der Waals surface area (Å²) in [7, 11) is 0. The Morgan fingerprint density at radius 2 is 2.00 bits per heavy atom. The number of rotatable bonds is 1. The molecule has 62 valence electrons. The highest BCUT2D eigenvalue weighted by molar-refractivity contribution is 5.92. The first-order chi connectivity index (χ1) is 5.22. The van der Waals surface area contributed by atoms with Crippen molar-refractivity contribution >= 4 is 5.78 Å². The van der Waals surface area contributed by atoms with E-state index in [1.54, 1.807) is 6.07 Å². The van der Waals surface area contributed by atoms with Crippen LogP contribution in [0, 0.1) is 6.92 Å². The minimum absolute atomic E-state index is 0.0162. The summed E-state index contributed by atoms with van der Waals surface area (Å²) in [5.74, 6) is 0.451. The third-order valence-electron chi connectivity index (χ3n) is 1.18. The summed E-state index contributed by atoms with van der Waals surface area (Å²) in [6.07, 6.45) is 1.52. The van der Waals surface area contributed by atoms with Gasteiger partial charge in [0.1, 0.15) is 0 Å².